The van der Waals surface area contributed by atoms with Gasteiger partial charge in [0.05, 0.1) is 27.1 Å². The highest BCUT2D eigenvalue weighted by atomic mass is 35.5. The molecule has 1 N–H and O–H groups in total. The van der Waals surface area contributed by atoms with Crippen LogP contribution in [0.15, 0.2) is 42.5 Å². The number of para-hydroxylation sites is 2. The van der Waals surface area contributed by atoms with Crippen LogP contribution >= 0.6 is 23.2 Å². The minimum absolute atomic E-state index is 0.126. The maximum absolute atomic E-state index is 12.9. The van der Waals surface area contributed by atoms with Crippen LogP contribution in [0.1, 0.15) is 62.9 Å². The van der Waals surface area contributed by atoms with Gasteiger partial charge in [-0.2, -0.15) is 0 Å². The van der Waals surface area contributed by atoms with E-state index in [1.54, 1.807) is 0 Å². The average molecular weight is 444 g/mol. The first kappa shape index (κ1) is 21.2. The molecule has 1 heterocycles. The Kier molecular flexibility index (Phi) is 6.64. The summed E-state index contributed by atoms with van der Waals surface area (Å²) in [5.41, 5.74) is 3.02. The van der Waals surface area contributed by atoms with Crippen LogP contribution in [-0.4, -0.2) is 15.5 Å². The predicted octanol–water partition coefficient (Wildman–Crippen LogP) is 6.54. The smallest absolute Gasteiger partial charge is 0.223 e. The summed E-state index contributed by atoms with van der Waals surface area (Å²) < 4.78 is 2.18. The van der Waals surface area contributed by atoms with Gasteiger partial charge in [0.2, 0.25) is 5.91 Å². The third-order valence-electron chi connectivity index (χ3n) is 6.02. The first-order valence-electron chi connectivity index (χ1n) is 10.8. The van der Waals surface area contributed by atoms with E-state index in [0.29, 0.717) is 16.6 Å². The number of nitrogens with one attached hydrogen (secondary N) is 1. The second-order valence-corrected chi connectivity index (χ2v) is 8.91. The Morgan fingerprint density at radius 2 is 1.90 bits per heavy atom. The molecule has 0 spiro atoms. The Balaban J connectivity index is 1.67. The van der Waals surface area contributed by atoms with Crippen LogP contribution in [0.2, 0.25) is 10.0 Å². The lowest BCUT2D eigenvalue weighted by molar-refractivity contribution is -0.126. The molecule has 0 bridgehead atoms. The number of halogens is 2. The van der Waals surface area contributed by atoms with Crippen LogP contribution in [-0.2, 0) is 11.3 Å². The van der Waals surface area contributed by atoms with E-state index < -0.39 is 0 Å². The van der Waals surface area contributed by atoms with E-state index in [1.165, 1.54) is 6.42 Å². The van der Waals surface area contributed by atoms with Crippen LogP contribution < -0.4 is 5.32 Å². The minimum atomic E-state index is -0.130. The normalized spacial score (nSPS) is 16.0. The lowest BCUT2D eigenvalue weighted by Crippen LogP contribution is -2.36. The first-order valence-corrected chi connectivity index (χ1v) is 11.5. The number of carbonyl (C=O) groups excluding carboxylic acids is 1. The highest BCUT2D eigenvalue weighted by Crippen LogP contribution is 2.29. The molecule has 158 valence electrons. The van der Waals surface area contributed by atoms with Crippen LogP contribution in [0.4, 0.5) is 0 Å². The fourth-order valence-corrected chi connectivity index (χ4v) is 4.67. The summed E-state index contributed by atoms with van der Waals surface area (Å²) in [6.07, 6.45) is 6.28. The fraction of sp³-hybridized carbons (Fsp3) is 0.417. The number of hydrogen-bond acceptors (Lipinski definition) is 2. The van der Waals surface area contributed by atoms with Gasteiger partial charge in [-0.25, -0.2) is 4.98 Å². The number of nitrogens with zero attached hydrogens (tertiary/aromatic N) is 2. The zero-order chi connectivity index (χ0) is 21.1. The molecule has 30 heavy (non-hydrogen) atoms. The number of aromatic nitrogens is 2. The van der Waals surface area contributed by atoms with Crippen LogP contribution in [0, 0.1) is 5.92 Å². The Bertz CT molecular complexity index is 1040. The third-order valence-corrected chi connectivity index (χ3v) is 6.76. The molecular weight excluding hydrogens is 417 g/mol. The van der Waals surface area contributed by atoms with Crippen molar-refractivity contribution in [2.45, 2.75) is 58.0 Å². The summed E-state index contributed by atoms with van der Waals surface area (Å²) in [4.78, 5) is 17.8. The first-order chi connectivity index (χ1) is 14.6. The van der Waals surface area contributed by atoms with E-state index in [9.17, 15) is 4.79 Å². The third kappa shape index (κ3) is 4.50. The molecule has 4 nitrogen and oxygen atoms in total. The zero-order valence-electron chi connectivity index (χ0n) is 17.2. The Morgan fingerprint density at radius 1 is 1.13 bits per heavy atom. The highest BCUT2D eigenvalue weighted by molar-refractivity contribution is 6.42. The molecule has 1 amide bonds. The number of amides is 1. The van der Waals surface area contributed by atoms with Gasteiger partial charge >= 0.3 is 0 Å². The summed E-state index contributed by atoms with van der Waals surface area (Å²) >= 11 is 12.3. The molecule has 6 heteroatoms. The molecule has 0 saturated heterocycles. The van der Waals surface area contributed by atoms with E-state index >= 15 is 0 Å². The van der Waals surface area contributed by atoms with Gasteiger partial charge in [0.25, 0.3) is 0 Å². The highest BCUT2D eigenvalue weighted by Gasteiger charge is 2.26. The quantitative estimate of drug-likeness (QED) is 0.469. The molecule has 2 aromatic carbocycles. The Hall–Kier alpha value is -2.04. The van der Waals surface area contributed by atoms with Crippen molar-refractivity contribution in [3.05, 3.63) is 63.9 Å². The minimum Gasteiger partial charge on any atom is -0.346 e. The summed E-state index contributed by atoms with van der Waals surface area (Å²) in [6.45, 7) is 2.71. The van der Waals surface area contributed by atoms with Gasteiger partial charge in [-0.1, -0.05) is 67.6 Å². The number of fused-ring (bicyclic) bond motifs is 1. The van der Waals surface area contributed by atoms with Gasteiger partial charge in [-0.15, -0.1) is 0 Å². The fourth-order valence-electron chi connectivity index (χ4n) is 4.35. The molecule has 1 atom stereocenters. The summed E-state index contributed by atoms with van der Waals surface area (Å²) in [5.74, 6) is 1.17. The van der Waals surface area contributed by atoms with E-state index in [2.05, 4.69) is 22.9 Å². The number of imidazole rings is 1. The van der Waals surface area contributed by atoms with Crippen molar-refractivity contribution in [1.82, 2.24) is 14.9 Å². The van der Waals surface area contributed by atoms with Crippen molar-refractivity contribution in [1.29, 1.82) is 0 Å². The molecule has 1 aliphatic rings. The van der Waals surface area contributed by atoms with Crippen LogP contribution in [0.25, 0.3) is 11.0 Å². The second kappa shape index (κ2) is 9.40. The van der Waals surface area contributed by atoms with Gasteiger partial charge in [0.1, 0.15) is 5.82 Å². The Morgan fingerprint density at radius 3 is 2.63 bits per heavy atom. The number of hydrogen-bond donors (Lipinski definition) is 1. The SMILES string of the molecule is CCC(NC(=O)C1CCCCC1)c1nc2ccccc2n1Cc1ccc(Cl)c(Cl)c1. The van der Waals surface area contributed by atoms with Crippen molar-refractivity contribution in [2.75, 3.05) is 0 Å². The van der Waals surface area contributed by atoms with Crippen molar-refractivity contribution < 1.29 is 4.79 Å². The van der Waals surface area contributed by atoms with Gasteiger partial charge in [-0.05, 0) is 49.1 Å². The molecule has 0 aliphatic heterocycles. The maximum atomic E-state index is 12.9. The summed E-state index contributed by atoms with van der Waals surface area (Å²) in [7, 11) is 0. The molecule has 3 aromatic rings. The van der Waals surface area contributed by atoms with E-state index in [4.69, 9.17) is 28.2 Å². The maximum Gasteiger partial charge on any atom is 0.223 e. The number of benzene rings is 2. The van der Waals surface area contributed by atoms with E-state index in [-0.39, 0.29) is 17.9 Å². The predicted molar refractivity (Wildman–Crippen MR) is 123 cm³/mol. The van der Waals surface area contributed by atoms with Crippen molar-refractivity contribution >= 4 is 40.1 Å². The molecular formula is C24H27Cl2N3O. The molecule has 1 unspecified atom stereocenters. The summed E-state index contributed by atoms with van der Waals surface area (Å²) in [6, 6.07) is 13.7. The van der Waals surface area contributed by atoms with Gasteiger partial charge in [0, 0.05) is 12.5 Å². The molecule has 1 aromatic heterocycles. The topological polar surface area (TPSA) is 46.9 Å². The van der Waals surface area contributed by atoms with Gasteiger partial charge < -0.3 is 9.88 Å². The molecule has 1 fully saturated rings. The number of rotatable bonds is 6. The van der Waals surface area contributed by atoms with Crippen molar-refractivity contribution in [2.24, 2.45) is 5.92 Å². The Labute approximate surface area is 187 Å². The van der Waals surface area contributed by atoms with E-state index in [0.717, 1.165) is 54.5 Å². The second-order valence-electron chi connectivity index (χ2n) is 8.10. The average Bonchev–Trinajstić information content (AvgIpc) is 3.13. The van der Waals surface area contributed by atoms with Crippen LogP contribution in [0.3, 0.4) is 0 Å². The van der Waals surface area contributed by atoms with Gasteiger partial charge in [0.15, 0.2) is 0 Å². The molecule has 1 aliphatic carbocycles. The number of carbonyl (C=O) groups is 1. The van der Waals surface area contributed by atoms with E-state index in [1.807, 2.05) is 36.4 Å². The van der Waals surface area contributed by atoms with Crippen molar-refractivity contribution in [3.8, 4) is 0 Å². The lowest BCUT2D eigenvalue weighted by atomic mass is 9.88. The molecule has 0 radical (unpaired) electrons. The molecule has 4 rings (SSSR count). The monoisotopic (exact) mass is 443 g/mol. The summed E-state index contributed by atoms with van der Waals surface area (Å²) in [5, 5.41) is 4.37. The molecule has 1 saturated carbocycles. The van der Waals surface area contributed by atoms with Crippen molar-refractivity contribution in [3.63, 3.8) is 0 Å². The largest absolute Gasteiger partial charge is 0.346 e. The lowest BCUT2D eigenvalue weighted by Gasteiger charge is -2.25. The standard InChI is InChI=1S/C24H27Cl2N3O/c1-2-20(28-24(30)17-8-4-3-5-9-17)23-27-21-10-6-7-11-22(21)29(23)15-16-12-13-18(25)19(26)14-16/h6-7,10-14,17,20H,2-5,8-9,15H2,1H3,(H,28,30). The van der Waals surface area contributed by atoms with Crippen LogP contribution in [0.5, 0.6) is 0 Å². The van der Waals surface area contributed by atoms with Gasteiger partial charge in [-0.3, -0.25) is 4.79 Å². The zero-order valence-corrected chi connectivity index (χ0v) is 18.7.